The second-order valence-corrected chi connectivity index (χ2v) is 6.03. The number of nitrogens with one attached hydrogen (secondary N) is 1. The average Bonchev–Trinajstić information content (AvgIpc) is 2.68. The molecule has 1 aliphatic rings. The van der Waals surface area contributed by atoms with Crippen molar-refractivity contribution in [2.75, 3.05) is 38.3 Å². The monoisotopic (exact) mass is 340 g/mol. The number of ether oxygens (including phenoxy) is 2. The fraction of sp³-hybridized carbons (Fsp3) is 0.350. The topological polar surface area (TPSA) is 50.8 Å². The number of hydrogen-bond donors (Lipinski definition) is 1. The number of methoxy groups -OCH3 is 1. The van der Waals surface area contributed by atoms with Crippen molar-refractivity contribution < 1.29 is 14.3 Å². The molecule has 0 aromatic heterocycles. The van der Waals surface area contributed by atoms with Crippen molar-refractivity contribution in [3.8, 4) is 5.75 Å². The van der Waals surface area contributed by atoms with Crippen LogP contribution in [0.1, 0.15) is 11.1 Å². The molecule has 1 saturated heterocycles. The summed E-state index contributed by atoms with van der Waals surface area (Å²) in [5.41, 5.74) is 3.28. The third-order valence-electron chi connectivity index (χ3n) is 4.34. The summed E-state index contributed by atoms with van der Waals surface area (Å²) in [7, 11) is 1.63. The Hall–Kier alpha value is -2.53. The normalized spacial score (nSPS) is 14.2. The van der Waals surface area contributed by atoms with Crippen LogP contribution in [0.2, 0.25) is 0 Å². The predicted octanol–water partition coefficient (Wildman–Crippen LogP) is 2.39. The summed E-state index contributed by atoms with van der Waals surface area (Å²) < 4.78 is 10.6. The Morgan fingerprint density at radius 1 is 1.12 bits per heavy atom. The first-order chi connectivity index (χ1) is 12.3. The number of morpholine rings is 1. The minimum Gasteiger partial charge on any atom is -0.497 e. The summed E-state index contributed by atoms with van der Waals surface area (Å²) in [6, 6.07) is 15.8. The van der Waals surface area contributed by atoms with E-state index in [1.54, 1.807) is 7.11 Å². The molecule has 5 nitrogen and oxygen atoms in total. The van der Waals surface area contributed by atoms with E-state index in [1.165, 1.54) is 5.69 Å². The van der Waals surface area contributed by atoms with Gasteiger partial charge in [0.1, 0.15) is 5.75 Å². The molecule has 0 aliphatic carbocycles. The first kappa shape index (κ1) is 17.3. The maximum absolute atomic E-state index is 12.3. The molecule has 1 N–H and O–H groups in total. The van der Waals surface area contributed by atoms with Crippen LogP contribution in [0.3, 0.4) is 0 Å². The van der Waals surface area contributed by atoms with Gasteiger partial charge < -0.3 is 19.7 Å². The molecule has 0 radical (unpaired) electrons. The summed E-state index contributed by atoms with van der Waals surface area (Å²) in [4.78, 5) is 14.6. The van der Waals surface area contributed by atoms with Gasteiger partial charge in [-0.25, -0.2) is 0 Å². The number of benzene rings is 2. The Morgan fingerprint density at radius 2 is 1.84 bits per heavy atom. The highest BCUT2D eigenvalue weighted by Crippen LogP contribution is 2.21. The van der Waals surface area contributed by atoms with Gasteiger partial charge in [-0.05, 0) is 29.3 Å². The molecule has 0 unspecified atom stereocenters. The van der Waals surface area contributed by atoms with Crippen LogP contribution in [-0.4, -0.2) is 39.3 Å². The van der Waals surface area contributed by atoms with Crippen LogP contribution in [0.4, 0.5) is 5.69 Å². The van der Waals surface area contributed by atoms with Gasteiger partial charge >= 0.3 is 0 Å². The molecule has 0 bridgehead atoms. The summed E-state index contributed by atoms with van der Waals surface area (Å²) in [6.45, 7) is 3.80. The highest BCUT2D eigenvalue weighted by atomic mass is 16.5. The zero-order chi connectivity index (χ0) is 17.5. The van der Waals surface area contributed by atoms with E-state index in [0.717, 1.165) is 43.2 Å². The van der Waals surface area contributed by atoms with Crippen molar-refractivity contribution >= 4 is 11.6 Å². The fourth-order valence-corrected chi connectivity index (χ4v) is 2.96. The summed E-state index contributed by atoms with van der Waals surface area (Å²) in [5.74, 6) is 0.811. The molecule has 2 aromatic rings. The van der Waals surface area contributed by atoms with Crippen molar-refractivity contribution in [3.63, 3.8) is 0 Å². The largest absolute Gasteiger partial charge is 0.497 e. The van der Waals surface area contributed by atoms with E-state index in [1.807, 2.05) is 36.4 Å². The second kappa shape index (κ2) is 8.53. The van der Waals surface area contributed by atoms with Crippen molar-refractivity contribution in [2.45, 2.75) is 13.0 Å². The van der Waals surface area contributed by atoms with E-state index in [-0.39, 0.29) is 5.91 Å². The average molecular weight is 340 g/mol. The van der Waals surface area contributed by atoms with Crippen LogP contribution in [0, 0.1) is 0 Å². The number of para-hydroxylation sites is 1. The molecular weight excluding hydrogens is 316 g/mol. The number of anilines is 1. The minimum absolute atomic E-state index is 0.0157. The van der Waals surface area contributed by atoms with Crippen LogP contribution in [0.25, 0.3) is 0 Å². The van der Waals surface area contributed by atoms with Gasteiger partial charge in [0.15, 0.2) is 0 Å². The number of carbonyl (C=O) groups is 1. The number of rotatable bonds is 6. The number of hydrogen-bond acceptors (Lipinski definition) is 4. The maximum Gasteiger partial charge on any atom is 0.224 e. The van der Waals surface area contributed by atoms with Gasteiger partial charge in [-0.3, -0.25) is 4.79 Å². The summed E-state index contributed by atoms with van der Waals surface area (Å²) in [5, 5.41) is 3.03. The number of carbonyl (C=O) groups excluding carboxylic acids is 1. The quantitative estimate of drug-likeness (QED) is 0.877. The number of amides is 1. The molecule has 3 rings (SSSR count). The summed E-state index contributed by atoms with van der Waals surface area (Å²) in [6.07, 6.45) is 0.365. The first-order valence-corrected chi connectivity index (χ1v) is 8.56. The van der Waals surface area contributed by atoms with E-state index >= 15 is 0 Å². The lowest BCUT2D eigenvalue weighted by Gasteiger charge is -2.30. The smallest absolute Gasteiger partial charge is 0.224 e. The third-order valence-corrected chi connectivity index (χ3v) is 4.34. The molecule has 0 atom stereocenters. The Balaban J connectivity index is 1.58. The van der Waals surface area contributed by atoms with Crippen LogP contribution >= 0.6 is 0 Å². The van der Waals surface area contributed by atoms with Crippen LogP contribution < -0.4 is 15.0 Å². The van der Waals surface area contributed by atoms with Crippen molar-refractivity contribution in [2.24, 2.45) is 0 Å². The Morgan fingerprint density at radius 3 is 2.56 bits per heavy atom. The van der Waals surface area contributed by atoms with Crippen molar-refractivity contribution in [1.82, 2.24) is 5.32 Å². The standard InChI is InChI=1S/C20H24N2O3/c1-24-18-8-6-16(7-9-18)14-20(23)21-15-17-4-2-3-5-19(17)22-10-12-25-13-11-22/h2-9H,10-15H2,1H3,(H,21,23). The molecular formula is C20H24N2O3. The van der Waals surface area contributed by atoms with Gasteiger partial charge in [0, 0.05) is 25.3 Å². The van der Waals surface area contributed by atoms with Gasteiger partial charge in [0.2, 0.25) is 5.91 Å². The zero-order valence-electron chi connectivity index (χ0n) is 14.5. The lowest BCUT2D eigenvalue weighted by molar-refractivity contribution is -0.120. The predicted molar refractivity (Wildman–Crippen MR) is 98.0 cm³/mol. The van der Waals surface area contributed by atoms with Crippen LogP contribution in [0.15, 0.2) is 48.5 Å². The summed E-state index contributed by atoms with van der Waals surface area (Å²) >= 11 is 0. The molecule has 132 valence electrons. The third kappa shape index (κ3) is 4.73. The minimum atomic E-state index is 0.0157. The Labute approximate surface area is 148 Å². The van der Waals surface area contributed by atoms with Crippen LogP contribution in [-0.2, 0) is 22.5 Å². The lowest BCUT2D eigenvalue weighted by Crippen LogP contribution is -2.37. The van der Waals surface area contributed by atoms with Gasteiger partial charge in [-0.2, -0.15) is 0 Å². The first-order valence-electron chi connectivity index (χ1n) is 8.56. The van der Waals surface area contributed by atoms with Crippen molar-refractivity contribution in [1.29, 1.82) is 0 Å². The van der Waals surface area contributed by atoms with Gasteiger partial charge in [0.25, 0.3) is 0 Å². The molecule has 2 aromatic carbocycles. The zero-order valence-corrected chi connectivity index (χ0v) is 14.5. The van der Waals surface area contributed by atoms with E-state index < -0.39 is 0 Å². The number of nitrogens with zero attached hydrogens (tertiary/aromatic N) is 1. The van der Waals surface area contributed by atoms with E-state index in [4.69, 9.17) is 9.47 Å². The fourth-order valence-electron chi connectivity index (χ4n) is 2.96. The van der Waals surface area contributed by atoms with Gasteiger partial charge in [0.05, 0.1) is 26.7 Å². The Kier molecular flexibility index (Phi) is 5.90. The highest BCUT2D eigenvalue weighted by molar-refractivity contribution is 5.78. The molecule has 1 amide bonds. The van der Waals surface area contributed by atoms with Gasteiger partial charge in [-0.1, -0.05) is 30.3 Å². The SMILES string of the molecule is COc1ccc(CC(=O)NCc2ccccc2N2CCOCC2)cc1. The van der Waals surface area contributed by atoms with Gasteiger partial charge in [-0.15, -0.1) is 0 Å². The lowest BCUT2D eigenvalue weighted by atomic mass is 10.1. The molecule has 1 fully saturated rings. The van der Waals surface area contributed by atoms with E-state index in [0.29, 0.717) is 13.0 Å². The van der Waals surface area contributed by atoms with E-state index in [2.05, 4.69) is 22.3 Å². The van der Waals surface area contributed by atoms with E-state index in [9.17, 15) is 4.79 Å². The van der Waals surface area contributed by atoms with Crippen molar-refractivity contribution in [3.05, 3.63) is 59.7 Å². The molecule has 1 heterocycles. The molecule has 0 saturated carbocycles. The molecule has 5 heteroatoms. The Bertz CT molecular complexity index is 694. The molecule has 0 spiro atoms. The van der Waals surface area contributed by atoms with Crippen LogP contribution in [0.5, 0.6) is 5.75 Å². The molecule has 1 aliphatic heterocycles. The maximum atomic E-state index is 12.3. The highest BCUT2D eigenvalue weighted by Gasteiger charge is 2.14. The second-order valence-electron chi connectivity index (χ2n) is 6.03. The molecule has 25 heavy (non-hydrogen) atoms.